The Kier molecular flexibility index (Phi) is 5.70. The van der Waals surface area contributed by atoms with Crippen LogP contribution in [0, 0.1) is 5.92 Å². The third kappa shape index (κ3) is 4.58. The summed E-state index contributed by atoms with van der Waals surface area (Å²) >= 11 is 0. The van der Waals surface area contributed by atoms with Gasteiger partial charge in [-0.25, -0.2) is 0 Å². The van der Waals surface area contributed by atoms with Gasteiger partial charge in [0, 0.05) is 30.1 Å². The molecular weight excluding hydrogens is 286 g/mol. The molecular formula is C19H27N3O. The van der Waals surface area contributed by atoms with Crippen LogP contribution in [0.1, 0.15) is 37.7 Å². The molecule has 1 aliphatic heterocycles. The molecule has 0 unspecified atom stereocenters. The lowest BCUT2D eigenvalue weighted by Crippen LogP contribution is -2.29. The molecule has 4 heteroatoms. The minimum atomic E-state index is 0.211. The number of H-pyrrole nitrogens is 1. The normalized spacial score (nSPS) is 15.8. The lowest BCUT2D eigenvalue weighted by Gasteiger charge is -2.22. The maximum atomic E-state index is 11.9. The van der Waals surface area contributed by atoms with Crippen LogP contribution in [0.25, 0.3) is 10.9 Å². The van der Waals surface area contributed by atoms with E-state index in [0.29, 0.717) is 6.42 Å². The number of hydrogen-bond donors (Lipinski definition) is 3. The fourth-order valence-corrected chi connectivity index (χ4v) is 3.44. The Labute approximate surface area is 138 Å². The first-order valence-corrected chi connectivity index (χ1v) is 8.85. The molecule has 3 N–H and O–H groups in total. The third-order valence-corrected chi connectivity index (χ3v) is 4.86. The Bertz CT molecular complexity index is 628. The van der Waals surface area contributed by atoms with Gasteiger partial charge in [-0.3, -0.25) is 4.79 Å². The van der Waals surface area contributed by atoms with Crippen LogP contribution < -0.4 is 10.6 Å². The quantitative estimate of drug-likeness (QED) is 0.688. The van der Waals surface area contributed by atoms with Crippen LogP contribution >= 0.6 is 0 Å². The fraction of sp³-hybridized carbons (Fsp3) is 0.526. The van der Waals surface area contributed by atoms with Crippen LogP contribution in [-0.4, -0.2) is 30.5 Å². The second-order valence-corrected chi connectivity index (χ2v) is 6.55. The van der Waals surface area contributed by atoms with Gasteiger partial charge in [-0.2, -0.15) is 0 Å². The Morgan fingerprint density at radius 2 is 2.04 bits per heavy atom. The number of carbonyl (C=O) groups is 1. The summed E-state index contributed by atoms with van der Waals surface area (Å²) in [5, 5.41) is 7.73. The number of rotatable bonds is 7. The number of aryl methyl sites for hydroxylation is 1. The number of carbonyl (C=O) groups excluding carboxylic acids is 1. The summed E-state index contributed by atoms with van der Waals surface area (Å²) in [4.78, 5) is 15.2. The first kappa shape index (κ1) is 16.1. The molecule has 0 radical (unpaired) electrons. The van der Waals surface area contributed by atoms with Crippen molar-refractivity contribution in [3.05, 3.63) is 36.0 Å². The van der Waals surface area contributed by atoms with Crippen molar-refractivity contribution in [2.75, 3.05) is 19.6 Å². The second-order valence-electron chi connectivity index (χ2n) is 6.55. The summed E-state index contributed by atoms with van der Waals surface area (Å²) in [5.41, 5.74) is 2.53. The predicted molar refractivity (Wildman–Crippen MR) is 94.5 cm³/mol. The van der Waals surface area contributed by atoms with E-state index >= 15 is 0 Å². The van der Waals surface area contributed by atoms with E-state index in [9.17, 15) is 4.79 Å². The van der Waals surface area contributed by atoms with E-state index in [4.69, 9.17) is 0 Å². The van der Waals surface area contributed by atoms with E-state index in [-0.39, 0.29) is 5.91 Å². The van der Waals surface area contributed by atoms with Crippen molar-refractivity contribution in [2.45, 2.75) is 38.5 Å². The highest BCUT2D eigenvalue weighted by molar-refractivity contribution is 5.83. The van der Waals surface area contributed by atoms with Crippen molar-refractivity contribution in [2.24, 2.45) is 5.92 Å². The Balaban J connectivity index is 1.34. The number of amides is 1. The zero-order chi connectivity index (χ0) is 15.9. The smallest absolute Gasteiger partial charge is 0.220 e. The van der Waals surface area contributed by atoms with E-state index in [1.54, 1.807) is 0 Å². The van der Waals surface area contributed by atoms with Crippen molar-refractivity contribution >= 4 is 16.8 Å². The molecule has 23 heavy (non-hydrogen) atoms. The van der Waals surface area contributed by atoms with E-state index < -0.39 is 0 Å². The monoisotopic (exact) mass is 313 g/mol. The minimum absolute atomic E-state index is 0.211. The SMILES string of the molecule is O=C(CCC1CCNCC1)NCCCc1c[nH]c2ccccc12. The molecule has 124 valence electrons. The molecule has 2 heterocycles. The molecule has 1 amide bonds. The number of hydrogen-bond acceptors (Lipinski definition) is 2. The largest absolute Gasteiger partial charge is 0.361 e. The van der Waals surface area contributed by atoms with Gasteiger partial charge in [0.15, 0.2) is 0 Å². The van der Waals surface area contributed by atoms with E-state index in [0.717, 1.165) is 44.8 Å². The summed E-state index contributed by atoms with van der Waals surface area (Å²) in [6, 6.07) is 8.37. The Morgan fingerprint density at radius 3 is 2.91 bits per heavy atom. The van der Waals surface area contributed by atoms with Crippen molar-refractivity contribution in [1.82, 2.24) is 15.6 Å². The van der Waals surface area contributed by atoms with Crippen molar-refractivity contribution in [1.29, 1.82) is 0 Å². The summed E-state index contributed by atoms with van der Waals surface area (Å²) in [6.45, 7) is 2.98. The average Bonchev–Trinajstić information content (AvgIpc) is 3.01. The fourth-order valence-electron chi connectivity index (χ4n) is 3.44. The molecule has 0 saturated carbocycles. The zero-order valence-corrected chi connectivity index (χ0v) is 13.7. The van der Waals surface area contributed by atoms with E-state index in [1.807, 2.05) is 6.07 Å². The maximum absolute atomic E-state index is 11.9. The van der Waals surface area contributed by atoms with E-state index in [1.165, 1.54) is 29.3 Å². The van der Waals surface area contributed by atoms with Crippen LogP contribution in [0.15, 0.2) is 30.5 Å². The van der Waals surface area contributed by atoms with Crippen molar-refractivity contribution in [3.63, 3.8) is 0 Å². The van der Waals surface area contributed by atoms with Gasteiger partial charge in [0.1, 0.15) is 0 Å². The lowest BCUT2D eigenvalue weighted by molar-refractivity contribution is -0.121. The molecule has 0 spiro atoms. The van der Waals surface area contributed by atoms with Crippen LogP contribution in [0.2, 0.25) is 0 Å². The van der Waals surface area contributed by atoms with Gasteiger partial charge in [-0.15, -0.1) is 0 Å². The number of fused-ring (bicyclic) bond motifs is 1. The van der Waals surface area contributed by atoms with Crippen LogP contribution in [-0.2, 0) is 11.2 Å². The van der Waals surface area contributed by atoms with Gasteiger partial charge in [-0.1, -0.05) is 18.2 Å². The molecule has 1 aromatic carbocycles. The average molecular weight is 313 g/mol. The number of piperidine rings is 1. The molecule has 0 atom stereocenters. The highest BCUT2D eigenvalue weighted by atomic mass is 16.1. The topological polar surface area (TPSA) is 56.9 Å². The summed E-state index contributed by atoms with van der Waals surface area (Å²) in [5.74, 6) is 0.940. The van der Waals surface area contributed by atoms with Crippen molar-refractivity contribution < 1.29 is 4.79 Å². The van der Waals surface area contributed by atoms with Gasteiger partial charge in [-0.05, 0) is 62.7 Å². The molecule has 1 aromatic heterocycles. The maximum Gasteiger partial charge on any atom is 0.220 e. The van der Waals surface area contributed by atoms with E-state index in [2.05, 4.69) is 40.0 Å². The lowest BCUT2D eigenvalue weighted by atomic mass is 9.93. The standard InChI is InChI=1S/C19H27N3O/c23-19(8-7-15-9-12-20-13-10-15)21-11-3-4-16-14-22-18-6-2-1-5-17(16)18/h1-2,5-6,14-15,20,22H,3-4,7-13H2,(H,21,23). The predicted octanol–water partition coefficient (Wildman–Crippen LogP) is 3.00. The van der Waals surface area contributed by atoms with Crippen molar-refractivity contribution in [3.8, 4) is 0 Å². The van der Waals surface area contributed by atoms with Crippen LogP contribution in [0.5, 0.6) is 0 Å². The Morgan fingerprint density at radius 1 is 1.22 bits per heavy atom. The molecule has 1 saturated heterocycles. The number of aromatic nitrogens is 1. The number of aromatic amines is 1. The second kappa shape index (κ2) is 8.16. The molecule has 3 rings (SSSR count). The highest BCUT2D eigenvalue weighted by Gasteiger charge is 2.14. The molecule has 1 fully saturated rings. The van der Waals surface area contributed by atoms with Crippen LogP contribution in [0.3, 0.4) is 0 Å². The zero-order valence-electron chi connectivity index (χ0n) is 13.7. The third-order valence-electron chi connectivity index (χ3n) is 4.86. The Hall–Kier alpha value is -1.81. The summed E-state index contributed by atoms with van der Waals surface area (Å²) in [6.07, 6.45) is 8.22. The molecule has 4 nitrogen and oxygen atoms in total. The summed E-state index contributed by atoms with van der Waals surface area (Å²) in [7, 11) is 0. The van der Waals surface area contributed by atoms with Crippen LogP contribution in [0.4, 0.5) is 0 Å². The molecule has 0 aliphatic carbocycles. The number of benzene rings is 1. The van der Waals surface area contributed by atoms with Gasteiger partial charge >= 0.3 is 0 Å². The molecule has 2 aromatic rings. The summed E-state index contributed by atoms with van der Waals surface area (Å²) < 4.78 is 0. The first-order valence-electron chi connectivity index (χ1n) is 8.85. The first-order chi connectivity index (χ1) is 11.3. The molecule has 1 aliphatic rings. The number of nitrogens with one attached hydrogen (secondary N) is 3. The molecule has 0 bridgehead atoms. The minimum Gasteiger partial charge on any atom is -0.361 e. The number of para-hydroxylation sites is 1. The van der Waals surface area contributed by atoms with Gasteiger partial charge in [0.05, 0.1) is 0 Å². The van der Waals surface area contributed by atoms with Gasteiger partial charge in [0.25, 0.3) is 0 Å². The van der Waals surface area contributed by atoms with Gasteiger partial charge in [0.2, 0.25) is 5.91 Å². The van der Waals surface area contributed by atoms with Gasteiger partial charge < -0.3 is 15.6 Å². The highest BCUT2D eigenvalue weighted by Crippen LogP contribution is 2.19.